The topological polar surface area (TPSA) is 72.2 Å². The summed E-state index contributed by atoms with van der Waals surface area (Å²) in [6, 6.07) is 7.06. The molecule has 0 amide bonds. The first-order chi connectivity index (χ1) is 9.70. The smallest absolute Gasteiger partial charge is 0.264 e. The number of anilines is 2. The van der Waals surface area contributed by atoms with Crippen molar-refractivity contribution in [3.63, 3.8) is 0 Å². The molecule has 2 rings (SSSR count). The van der Waals surface area contributed by atoms with Crippen molar-refractivity contribution in [2.75, 3.05) is 10.5 Å². The maximum atomic E-state index is 13.8. The minimum absolute atomic E-state index is 0.183. The van der Waals surface area contributed by atoms with E-state index in [0.29, 0.717) is 8.95 Å². The molecule has 0 unspecified atom stereocenters. The largest absolute Gasteiger partial charge is 0.397 e. The third-order valence-electron chi connectivity index (χ3n) is 2.68. The molecule has 8 heteroatoms. The Labute approximate surface area is 138 Å². The van der Waals surface area contributed by atoms with Gasteiger partial charge < -0.3 is 5.73 Å². The van der Waals surface area contributed by atoms with Crippen LogP contribution in [0.1, 0.15) is 5.56 Å². The van der Waals surface area contributed by atoms with Crippen LogP contribution in [0.25, 0.3) is 0 Å². The number of rotatable bonds is 3. The molecule has 0 heterocycles. The second kappa shape index (κ2) is 5.94. The molecule has 0 saturated carbocycles. The average molecular weight is 438 g/mol. The van der Waals surface area contributed by atoms with Gasteiger partial charge in [0, 0.05) is 8.95 Å². The highest BCUT2D eigenvalue weighted by atomic mass is 79.9. The molecule has 112 valence electrons. The lowest BCUT2D eigenvalue weighted by Crippen LogP contribution is -2.16. The highest BCUT2D eigenvalue weighted by Gasteiger charge is 2.21. The van der Waals surface area contributed by atoms with Crippen LogP contribution in [0, 0.1) is 12.7 Å². The van der Waals surface area contributed by atoms with E-state index in [0.717, 1.165) is 11.6 Å². The lowest BCUT2D eigenvalue weighted by Gasteiger charge is -2.13. The van der Waals surface area contributed by atoms with E-state index in [1.54, 1.807) is 12.1 Å². The van der Waals surface area contributed by atoms with E-state index in [1.807, 2.05) is 6.92 Å². The first-order valence-corrected chi connectivity index (χ1v) is 8.81. The number of halogens is 3. The van der Waals surface area contributed by atoms with Gasteiger partial charge in [-0.05, 0) is 58.7 Å². The van der Waals surface area contributed by atoms with Gasteiger partial charge in [-0.25, -0.2) is 12.8 Å². The van der Waals surface area contributed by atoms with Crippen LogP contribution in [0.5, 0.6) is 0 Å². The molecule has 0 fully saturated rings. The van der Waals surface area contributed by atoms with Crippen molar-refractivity contribution in [3.05, 3.63) is 50.7 Å². The Morgan fingerprint density at radius 2 is 1.86 bits per heavy atom. The second-order valence-corrected chi connectivity index (χ2v) is 7.81. The zero-order chi connectivity index (χ0) is 15.8. The van der Waals surface area contributed by atoms with Crippen LogP contribution in [-0.4, -0.2) is 8.42 Å². The SMILES string of the molecule is Cc1cc(N)c(NS(=O)(=O)c2ccc(Br)cc2F)c(Br)c1. The molecule has 0 atom stereocenters. The number of nitrogens with two attached hydrogens (primary N) is 1. The highest BCUT2D eigenvalue weighted by molar-refractivity contribution is 9.10. The fourth-order valence-corrected chi connectivity index (χ4v) is 4.08. The summed E-state index contributed by atoms with van der Waals surface area (Å²) in [5.74, 6) is -0.848. The fourth-order valence-electron chi connectivity index (χ4n) is 1.76. The summed E-state index contributed by atoms with van der Waals surface area (Å²) in [4.78, 5) is -0.447. The molecule has 2 aromatic carbocycles. The quantitative estimate of drug-likeness (QED) is 0.711. The van der Waals surface area contributed by atoms with Crippen molar-refractivity contribution >= 4 is 53.3 Å². The number of aryl methyl sites for hydroxylation is 1. The molecular weight excluding hydrogens is 427 g/mol. The highest BCUT2D eigenvalue weighted by Crippen LogP contribution is 2.32. The van der Waals surface area contributed by atoms with Crippen molar-refractivity contribution in [2.24, 2.45) is 0 Å². The Bertz CT molecular complexity index is 787. The zero-order valence-corrected chi connectivity index (χ0v) is 14.8. The third kappa shape index (κ3) is 3.56. The van der Waals surface area contributed by atoms with Gasteiger partial charge in [-0.3, -0.25) is 4.72 Å². The molecule has 0 aliphatic carbocycles. The molecule has 0 saturated heterocycles. The summed E-state index contributed by atoms with van der Waals surface area (Å²) < 4.78 is 41.6. The second-order valence-electron chi connectivity index (χ2n) is 4.39. The predicted molar refractivity (Wildman–Crippen MR) is 88.2 cm³/mol. The minimum Gasteiger partial charge on any atom is -0.397 e. The van der Waals surface area contributed by atoms with Gasteiger partial charge in [-0.1, -0.05) is 15.9 Å². The van der Waals surface area contributed by atoms with Crippen molar-refractivity contribution in [1.29, 1.82) is 0 Å². The van der Waals surface area contributed by atoms with Crippen molar-refractivity contribution in [1.82, 2.24) is 0 Å². The van der Waals surface area contributed by atoms with Crippen LogP contribution in [0.2, 0.25) is 0 Å². The first kappa shape index (κ1) is 16.3. The first-order valence-electron chi connectivity index (χ1n) is 5.74. The maximum Gasteiger partial charge on any atom is 0.264 e. The lowest BCUT2D eigenvalue weighted by molar-refractivity contribution is 0.570. The average Bonchev–Trinajstić information content (AvgIpc) is 2.33. The van der Waals surface area contributed by atoms with Gasteiger partial charge in [0.15, 0.2) is 0 Å². The Morgan fingerprint density at radius 1 is 1.19 bits per heavy atom. The van der Waals surface area contributed by atoms with Crippen LogP contribution in [0.15, 0.2) is 44.2 Å². The molecule has 2 aromatic rings. The molecule has 4 nitrogen and oxygen atoms in total. The molecule has 0 aromatic heterocycles. The zero-order valence-electron chi connectivity index (χ0n) is 10.8. The number of hydrogen-bond acceptors (Lipinski definition) is 3. The minimum atomic E-state index is -4.07. The summed E-state index contributed by atoms with van der Waals surface area (Å²) in [6.07, 6.45) is 0. The van der Waals surface area contributed by atoms with Gasteiger partial charge in [0.05, 0.1) is 11.4 Å². The van der Waals surface area contributed by atoms with E-state index in [9.17, 15) is 12.8 Å². The van der Waals surface area contributed by atoms with Gasteiger partial charge in [-0.15, -0.1) is 0 Å². The number of hydrogen-bond donors (Lipinski definition) is 2. The lowest BCUT2D eigenvalue weighted by atomic mass is 10.2. The van der Waals surface area contributed by atoms with E-state index in [-0.39, 0.29) is 11.4 Å². The molecule has 0 aliphatic heterocycles. The third-order valence-corrected chi connectivity index (χ3v) is 5.19. The van der Waals surface area contributed by atoms with Crippen LogP contribution < -0.4 is 10.5 Å². The van der Waals surface area contributed by atoms with E-state index < -0.39 is 20.7 Å². The van der Waals surface area contributed by atoms with Crippen LogP contribution in [0.3, 0.4) is 0 Å². The van der Waals surface area contributed by atoms with Gasteiger partial charge in [0.25, 0.3) is 10.0 Å². The predicted octanol–water partition coefficient (Wildman–Crippen LogP) is 4.04. The van der Waals surface area contributed by atoms with E-state index in [2.05, 4.69) is 36.6 Å². The number of benzene rings is 2. The van der Waals surface area contributed by atoms with Crippen molar-refractivity contribution in [3.8, 4) is 0 Å². The Hall–Kier alpha value is -1.12. The fraction of sp³-hybridized carbons (Fsp3) is 0.0769. The van der Waals surface area contributed by atoms with E-state index in [4.69, 9.17) is 5.73 Å². The Kier molecular flexibility index (Phi) is 4.60. The van der Waals surface area contributed by atoms with Gasteiger partial charge in [0.2, 0.25) is 0 Å². The maximum absolute atomic E-state index is 13.8. The van der Waals surface area contributed by atoms with Crippen LogP contribution in [-0.2, 0) is 10.0 Å². The van der Waals surface area contributed by atoms with Gasteiger partial charge >= 0.3 is 0 Å². The molecule has 0 radical (unpaired) electrons. The summed E-state index contributed by atoms with van der Waals surface area (Å²) in [5.41, 5.74) is 7.12. The molecule has 0 spiro atoms. The molecule has 21 heavy (non-hydrogen) atoms. The normalized spacial score (nSPS) is 11.4. The number of nitrogens with one attached hydrogen (secondary N) is 1. The number of sulfonamides is 1. The monoisotopic (exact) mass is 436 g/mol. The van der Waals surface area contributed by atoms with E-state index >= 15 is 0 Å². The van der Waals surface area contributed by atoms with Gasteiger partial charge in [0.1, 0.15) is 10.7 Å². The summed E-state index contributed by atoms with van der Waals surface area (Å²) >= 11 is 6.32. The summed E-state index contributed by atoms with van der Waals surface area (Å²) in [6.45, 7) is 1.83. The van der Waals surface area contributed by atoms with Crippen molar-refractivity contribution in [2.45, 2.75) is 11.8 Å². The standard InChI is InChI=1S/C13H11Br2FN2O2S/c1-7-4-9(15)13(11(17)5-7)18-21(19,20)12-3-2-8(14)6-10(12)16/h2-6,18H,17H2,1H3. The van der Waals surface area contributed by atoms with E-state index in [1.165, 1.54) is 12.1 Å². The molecule has 0 bridgehead atoms. The number of nitrogen functional groups attached to an aromatic ring is 1. The Morgan fingerprint density at radius 3 is 2.43 bits per heavy atom. The van der Waals surface area contributed by atoms with Crippen LogP contribution in [0.4, 0.5) is 15.8 Å². The van der Waals surface area contributed by atoms with Crippen LogP contribution >= 0.6 is 31.9 Å². The summed E-state index contributed by atoms with van der Waals surface area (Å²) in [7, 11) is -4.07. The summed E-state index contributed by atoms with van der Waals surface area (Å²) in [5, 5.41) is 0. The molecular formula is C13H11Br2FN2O2S. The molecule has 0 aliphatic rings. The van der Waals surface area contributed by atoms with Crippen molar-refractivity contribution < 1.29 is 12.8 Å². The Balaban J connectivity index is 2.47. The van der Waals surface area contributed by atoms with Gasteiger partial charge in [-0.2, -0.15) is 0 Å². The molecule has 3 N–H and O–H groups in total.